The van der Waals surface area contributed by atoms with E-state index in [1.807, 2.05) is 48.5 Å². The Morgan fingerprint density at radius 2 is 1.78 bits per heavy atom. The molecule has 0 aliphatic carbocycles. The summed E-state index contributed by atoms with van der Waals surface area (Å²) in [4.78, 5) is 15.8. The first-order valence-corrected chi connectivity index (χ1v) is 9.31. The monoisotopic (exact) mass is 361 g/mol. The molecule has 1 atom stereocenters. The Labute approximate surface area is 159 Å². The van der Waals surface area contributed by atoms with Gasteiger partial charge in [-0.25, -0.2) is 0 Å². The predicted molar refractivity (Wildman–Crippen MR) is 106 cm³/mol. The quantitative estimate of drug-likeness (QED) is 0.292. The molecule has 0 saturated carbocycles. The average molecular weight is 361 g/mol. The summed E-state index contributed by atoms with van der Waals surface area (Å²) in [5.41, 5.74) is 11.4. The summed E-state index contributed by atoms with van der Waals surface area (Å²) in [5.74, 6) is 0.666. The third kappa shape index (κ3) is 4.78. The molecule has 5 nitrogen and oxygen atoms in total. The van der Waals surface area contributed by atoms with Crippen LogP contribution < -0.4 is 4.74 Å². The lowest BCUT2D eigenvalue weighted by Crippen LogP contribution is -2.13. The van der Waals surface area contributed by atoms with Gasteiger partial charge in [-0.1, -0.05) is 59.7 Å². The molecule has 0 saturated heterocycles. The highest BCUT2D eigenvalue weighted by Gasteiger charge is 2.23. The first kappa shape index (κ1) is 18.7. The highest BCUT2D eigenvalue weighted by molar-refractivity contribution is 5.97. The fourth-order valence-corrected chi connectivity index (χ4v) is 3.42. The van der Waals surface area contributed by atoms with Gasteiger partial charge in [0.1, 0.15) is 5.75 Å². The summed E-state index contributed by atoms with van der Waals surface area (Å²) in [7, 11) is 0. The SMILES string of the molecule is [N-]=[N+]=NCC1c2ccccc2OCC/C=C\CCCC(=O)c2ccccc21. The molecule has 0 fully saturated rings. The van der Waals surface area contributed by atoms with Crippen LogP contribution in [0.5, 0.6) is 5.75 Å². The van der Waals surface area contributed by atoms with Crippen molar-refractivity contribution in [2.75, 3.05) is 13.2 Å². The van der Waals surface area contributed by atoms with Gasteiger partial charge >= 0.3 is 0 Å². The van der Waals surface area contributed by atoms with E-state index in [2.05, 4.69) is 22.2 Å². The summed E-state index contributed by atoms with van der Waals surface area (Å²) >= 11 is 0. The van der Waals surface area contributed by atoms with Crippen LogP contribution in [0.25, 0.3) is 10.4 Å². The smallest absolute Gasteiger partial charge is 0.163 e. The van der Waals surface area contributed by atoms with Crippen molar-refractivity contribution in [2.24, 2.45) is 5.11 Å². The van der Waals surface area contributed by atoms with Crippen LogP contribution in [0.15, 0.2) is 65.8 Å². The van der Waals surface area contributed by atoms with Gasteiger partial charge in [0.25, 0.3) is 0 Å². The molecule has 1 aliphatic rings. The number of rotatable bonds is 2. The number of Topliss-reactive ketones (excluding diaryl/α,β-unsaturated/α-hetero) is 1. The molecule has 1 heterocycles. The third-order valence-corrected chi connectivity index (χ3v) is 4.74. The highest BCUT2D eigenvalue weighted by Crippen LogP contribution is 2.35. The van der Waals surface area contributed by atoms with E-state index in [9.17, 15) is 4.79 Å². The molecule has 1 aliphatic heterocycles. The number of fused-ring (bicyclic) bond motifs is 2. The largest absolute Gasteiger partial charge is 0.493 e. The number of azide groups is 1. The number of para-hydroxylation sites is 1. The topological polar surface area (TPSA) is 75.1 Å². The van der Waals surface area contributed by atoms with Crippen molar-refractivity contribution in [3.05, 3.63) is 87.8 Å². The fourth-order valence-electron chi connectivity index (χ4n) is 3.42. The van der Waals surface area contributed by atoms with Crippen LogP contribution in [0.3, 0.4) is 0 Å². The van der Waals surface area contributed by atoms with Crippen molar-refractivity contribution in [1.82, 2.24) is 0 Å². The Morgan fingerprint density at radius 1 is 1.04 bits per heavy atom. The number of hydrogen-bond donors (Lipinski definition) is 0. The molecule has 138 valence electrons. The number of ether oxygens (including phenoxy) is 1. The molecule has 2 aromatic carbocycles. The standard InChI is InChI=1S/C22H23N3O2/c23-25-24-16-20-17-10-5-6-11-18(17)21(26)13-4-2-1-3-9-15-27-22-14-8-7-12-19(20)22/h1,3,5-8,10-12,14,20H,2,4,9,13,15-16H2/b3-1-. The Morgan fingerprint density at radius 3 is 2.63 bits per heavy atom. The van der Waals surface area contributed by atoms with Gasteiger partial charge in [0.05, 0.1) is 6.61 Å². The lowest BCUT2D eigenvalue weighted by atomic mass is 9.85. The van der Waals surface area contributed by atoms with Crippen LogP contribution in [-0.4, -0.2) is 18.9 Å². The van der Waals surface area contributed by atoms with E-state index < -0.39 is 0 Å². The zero-order valence-corrected chi connectivity index (χ0v) is 15.3. The van der Waals surface area contributed by atoms with Crippen LogP contribution >= 0.6 is 0 Å². The van der Waals surface area contributed by atoms with Crippen LogP contribution in [0.4, 0.5) is 0 Å². The molecular weight excluding hydrogens is 338 g/mol. The molecule has 0 aromatic heterocycles. The predicted octanol–water partition coefficient (Wildman–Crippen LogP) is 5.82. The molecule has 0 spiro atoms. The molecule has 5 heteroatoms. The van der Waals surface area contributed by atoms with Gasteiger partial charge in [-0.2, -0.15) is 0 Å². The van der Waals surface area contributed by atoms with Gasteiger partial charge in [-0.3, -0.25) is 4.79 Å². The number of carbonyl (C=O) groups is 1. The lowest BCUT2D eigenvalue weighted by Gasteiger charge is -2.22. The summed E-state index contributed by atoms with van der Waals surface area (Å²) in [6.07, 6.45) is 7.25. The summed E-state index contributed by atoms with van der Waals surface area (Å²) in [6, 6.07) is 15.4. The highest BCUT2D eigenvalue weighted by atomic mass is 16.5. The van der Waals surface area contributed by atoms with Crippen molar-refractivity contribution in [2.45, 2.75) is 31.6 Å². The minimum Gasteiger partial charge on any atom is -0.493 e. The minimum absolute atomic E-state index is 0.125. The normalized spacial score (nSPS) is 18.8. The number of ketones is 1. The molecular formula is C22H23N3O2. The Kier molecular flexibility index (Phi) is 6.66. The van der Waals surface area contributed by atoms with E-state index >= 15 is 0 Å². The van der Waals surface area contributed by atoms with Gasteiger partial charge in [0.2, 0.25) is 0 Å². The van der Waals surface area contributed by atoms with Gasteiger partial charge in [-0.05, 0) is 36.4 Å². The molecule has 0 N–H and O–H groups in total. The van der Waals surface area contributed by atoms with Crippen LogP contribution in [-0.2, 0) is 0 Å². The second kappa shape index (κ2) is 9.60. The van der Waals surface area contributed by atoms with Gasteiger partial charge in [0.15, 0.2) is 5.78 Å². The maximum atomic E-state index is 12.8. The maximum Gasteiger partial charge on any atom is 0.163 e. The average Bonchev–Trinajstić information content (AvgIpc) is 2.71. The number of carbonyl (C=O) groups excluding carboxylic acids is 1. The van der Waals surface area contributed by atoms with Crippen LogP contribution in [0.2, 0.25) is 0 Å². The van der Waals surface area contributed by atoms with Crippen molar-refractivity contribution in [3.8, 4) is 5.75 Å². The number of benzene rings is 2. The molecule has 2 aromatic rings. The van der Waals surface area contributed by atoms with Crippen LogP contribution in [0, 0.1) is 0 Å². The number of allylic oxidation sites excluding steroid dienone is 1. The van der Waals surface area contributed by atoms with E-state index in [0.717, 1.165) is 36.1 Å². The van der Waals surface area contributed by atoms with E-state index in [1.54, 1.807) is 0 Å². The van der Waals surface area contributed by atoms with E-state index in [1.165, 1.54) is 0 Å². The second-order valence-electron chi connectivity index (χ2n) is 6.52. The molecule has 27 heavy (non-hydrogen) atoms. The van der Waals surface area contributed by atoms with Crippen molar-refractivity contribution >= 4 is 5.78 Å². The van der Waals surface area contributed by atoms with Gasteiger partial charge < -0.3 is 4.74 Å². The zero-order chi connectivity index (χ0) is 18.9. The molecule has 1 unspecified atom stereocenters. The zero-order valence-electron chi connectivity index (χ0n) is 15.3. The molecule has 0 bridgehead atoms. The van der Waals surface area contributed by atoms with E-state index in [4.69, 9.17) is 10.3 Å². The maximum absolute atomic E-state index is 12.8. The fraction of sp³-hybridized carbons (Fsp3) is 0.318. The van der Waals surface area contributed by atoms with Crippen molar-refractivity contribution in [1.29, 1.82) is 0 Å². The first-order valence-electron chi connectivity index (χ1n) is 9.31. The summed E-state index contributed by atoms with van der Waals surface area (Å²) < 4.78 is 6.01. The lowest BCUT2D eigenvalue weighted by molar-refractivity contribution is 0.0979. The second-order valence-corrected chi connectivity index (χ2v) is 6.52. The van der Waals surface area contributed by atoms with Gasteiger partial charge in [-0.15, -0.1) is 0 Å². The van der Waals surface area contributed by atoms with Gasteiger partial charge in [0, 0.05) is 34.9 Å². The molecule has 3 rings (SSSR count). The Bertz CT molecular complexity index is 869. The van der Waals surface area contributed by atoms with Crippen LogP contribution in [0.1, 0.15) is 53.1 Å². The Balaban J connectivity index is 2.11. The van der Waals surface area contributed by atoms with Crippen molar-refractivity contribution < 1.29 is 9.53 Å². The number of hydrogen-bond acceptors (Lipinski definition) is 3. The molecule has 0 amide bonds. The summed E-state index contributed by atoms with van der Waals surface area (Å²) in [5, 5.41) is 3.82. The Hall–Kier alpha value is -3.04. The number of nitrogens with zero attached hydrogens (tertiary/aromatic N) is 3. The van der Waals surface area contributed by atoms with Crippen molar-refractivity contribution in [3.63, 3.8) is 0 Å². The molecule has 0 radical (unpaired) electrons. The minimum atomic E-state index is -0.226. The summed E-state index contributed by atoms with van der Waals surface area (Å²) in [6.45, 7) is 0.823. The third-order valence-electron chi connectivity index (χ3n) is 4.74. The first-order chi connectivity index (χ1) is 13.3. The van der Waals surface area contributed by atoms with E-state index in [0.29, 0.717) is 18.6 Å². The van der Waals surface area contributed by atoms with E-state index in [-0.39, 0.29) is 18.2 Å².